The van der Waals surface area contributed by atoms with Crippen LogP contribution in [0.25, 0.3) is 0 Å². The van der Waals surface area contributed by atoms with E-state index in [-0.39, 0.29) is 4.83 Å². The van der Waals surface area contributed by atoms with E-state index in [9.17, 15) is 0 Å². The number of thiophene rings is 1. The van der Waals surface area contributed by atoms with Gasteiger partial charge in [-0.15, -0.1) is 11.3 Å². The zero-order valence-corrected chi connectivity index (χ0v) is 11.8. The maximum absolute atomic E-state index is 5.92. The van der Waals surface area contributed by atoms with E-state index in [1.807, 2.05) is 30.3 Å². The molecule has 1 aromatic carbocycles. The van der Waals surface area contributed by atoms with E-state index in [0.29, 0.717) is 0 Å². The van der Waals surface area contributed by atoms with Crippen LogP contribution in [0.1, 0.15) is 15.3 Å². The quantitative estimate of drug-likeness (QED) is 0.732. The molecule has 16 heavy (non-hydrogen) atoms. The van der Waals surface area contributed by atoms with Gasteiger partial charge in [-0.3, -0.25) is 0 Å². The number of alkyl halides is 1. The topological polar surface area (TPSA) is 9.23 Å². The Morgan fingerprint density at radius 2 is 2.12 bits per heavy atom. The molecule has 1 aromatic heterocycles. The Morgan fingerprint density at radius 3 is 2.75 bits per heavy atom. The van der Waals surface area contributed by atoms with Crippen LogP contribution in [0.4, 0.5) is 0 Å². The molecule has 1 unspecified atom stereocenters. The zero-order chi connectivity index (χ0) is 11.5. The van der Waals surface area contributed by atoms with Gasteiger partial charge in [0.2, 0.25) is 0 Å². The first-order chi connectivity index (χ1) is 7.70. The predicted octanol–water partition coefficient (Wildman–Crippen LogP) is 4.89. The zero-order valence-electron chi connectivity index (χ0n) is 8.61. The molecule has 1 nitrogen and oxygen atoms in total. The van der Waals surface area contributed by atoms with Gasteiger partial charge in [-0.25, -0.2) is 0 Å². The normalized spacial score (nSPS) is 12.4. The van der Waals surface area contributed by atoms with Crippen LogP contribution in [-0.4, -0.2) is 7.11 Å². The first-order valence-electron chi connectivity index (χ1n) is 4.74. The molecular weight excluding hydrogens is 308 g/mol. The lowest BCUT2D eigenvalue weighted by Gasteiger charge is -2.09. The molecule has 0 saturated carbocycles. The molecule has 0 bridgehead atoms. The molecule has 4 heteroatoms. The Labute approximate surface area is 112 Å². The van der Waals surface area contributed by atoms with Crippen LogP contribution in [0.2, 0.25) is 4.34 Å². The Kier molecular flexibility index (Phi) is 3.90. The summed E-state index contributed by atoms with van der Waals surface area (Å²) in [4.78, 5) is 1.36. The monoisotopic (exact) mass is 316 g/mol. The van der Waals surface area contributed by atoms with Crippen molar-refractivity contribution in [3.05, 3.63) is 51.2 Å². The van der Waals surface area contributed by atoms with E-state index in [1.165, 1.54) is 4.88 Å². The average Bonchev–Trinajstić information content (AvgIpc) is 2.75. The van der Waals surface area contributed by atoms with Crippen LogP contribution in [0.15, 0.2) is 36.4 Å². The summed E-state index contributed by atoms with van der Waals surface area (Å²) in [6.07, 6.45) is 0. The predicted molar refractivity (Wildman–Crippen MR) is 73.1 cm³/mol. The molecule has 0 amide bonds. The molecule has 1 atom stereocenters. The molecule has 0 radical (unpaired) electrons. The summed E-state index contributed by atoms with van der Waals surface area (Å²) in [5.41, 5.74) is 1.16. The largest absolute Gasteiger partial charge is 0.497 e. The van der Waals surface area contributed by atoms with Crippen molar-refractivity contribution in [3.8, 4) is 5.75 Å². The molecule has 2 rings (SSSR count). The van der Waals surface area contributed by atoms with Gasteiger partial charge in [0.05, 0.1) is 16.3 Å². The lowest BCUT2D eigenvalue weighted by molar-refractivity contribution is 0.414. The Hall–Kier alpha value is -0.510. The summed E-state index contributed by atoms with van der Waals surface area (Å²) in [7, 11) is 1.67. The SMILES string of the molecule is COc1cccc(C(Br)c2ccc(Cl)s2)c1. The van der Waals surface area contributed by atoms with Gasteiger partial charge >= 0.3 is 0 Å². The van der Waals surface area contributed by atoms with Gasteiger partial charge in [0, 0.05) is 4.88 Å². The fourth-order valence-electron chi connectivity index (χ4n) is 1.43. The van der Waals surface area contributed by atoms with Crippen LogP contribution in [0, 0.1) is 0 Å². The summed E-state index contributed by atoms with van der Waals surface area (Å²) < 4.78 is 6.01. The third-order valence-corrected chi connectivity index (χ3v) is 4.85. The molecule has 2 aromatic rings. The van der Waals surface area contributed by atoms with Gasteiger partial charge in [0.1, 0.15) is 5.75 Å². The number of hydrogen-bond donors (Lipinski definition) is 0. The minimum absolute atomic E-state index is 0.167. The second-order valence-electron chi connectivity index (χ2n) is 3.28. The first kappa shape index (κ1) is 12.0. The first-order valence-corrected chi connectivity index (χ1v) is 6.85. The Bertz CT molecular complexity index is 483. The summed E-state index contributed by atoms with van der Waals surface area (Å²) >= 11 is 11.2. The van der Waals surface area contributed by atoms with Crippen molar-refractivity contribution in [2.24, 2.45) is 0 Å². The molecular formula is C12H10BrClOS. The molecule has 0 aliphatic heterocycles. The van der Waals surface area contributed by atoms with Crippen molar-refractivity contribution < 1.29 is 4.74 Å². The third kappa shape index (κ3) is 2.59. The Balaban J connectivity index is 2.29. The maximum Gasteiger partial charge on any atom is 0.119 e. The van der Waals surface area contributed by atoms with Crippen molar-refractivity contribution in [2.45, 2.75) is 4.83 Å². The van der Waals surface area contributed by atoms with Crippen molar-refractivity contribution in [1.82, 2.24) is 0 Å². The van der Waals surface area contributed by atoms with Crippen molar-refractivity contribution in [3.63, 3.8) is 0 Å². The van der Waals surface area contributed by atoms with Crippen molar-refractivity contribution in [1.29, 1.82) is 0 Å². The molecule has 0 N–H and O–H groups in total. The fraction of sp³-hybridized carbons (Fsp3) is 0.167. The molecule has 0 fully saturated rings. The Morgan fingerprint density at radius 1 is 1.31 bits per heavy atom. The van der Waals surface area contributed by atoms with Crippen LogP contribution in [0.3, 0.4) is 0 Å². The highest BCUT2D eigenvalue weighted by Gasteiger charge is 2.13. The van der Waals surface area contributed by atoms with Gasteiger partial charge < -0.3 is 4.74 Å². The standard InChI is InChI=1S/C12H10BrClOS/c1-15-9-4-2-3-8(7-9)12(13)10-5-6-11(14)16-10/h2-7,12H,1H3. The summed E-state index contributed by atoms with van der Waals surface area (Å²) in [5.74, 6) is 0.865. The minimum Gasteiger partial charge on any atom is -0.497 e. The highest BCUT2D eigenvalue weighted by atomic mass is 79.9. The van der Waals surface area contributed by atoms with Gasteiger partial charge in [-0.1, -0.05) is 39.7 Å². The number of rotatable bonds is 3. The van der Waals surface area contributed by atoms with Crippen molar-refractivity contribution >= 4 is 38.9 Å². The van der Waals surface area contributed by atoms with E-state index in [4.69, 9.17) is 16.3 Å². The maximum atomic E-state index is 5.92. The number of ether oxygens (including phenoxy) is 1. The van der Waals surface area contributed by atoms with Crippen LogP contribution < -0.4 is 4.74 Å². The van der Waals surface area contributed by atoms with Crippen molar-refractivity contribution in [2.75, 3.05) is 7.11 Å². The molecule has 0 saturated heterocycles. The van der Waals surface area contributed by atoms with E-state index in [2.05, 4.69) is 22.0 Å². The fourth-order valence-corrected chi connectivity index (χ4v) is 3.21. The van der Waals surface area contributed by atoms with Crippen LogP contribution >= 0.6 is 38.9 Å². The van der Waals surface area contributed by atoms with Gasteiger partial charge in [0.25, 0.3) is 0 Å². The highest BCUT2D eigenvalue weighted by molar-refractivity contribution is 9.09. The number of methoxy groups -OCH3 is 1. The lowest BCUT2D eigenvalue weighted by Crippen LogP contribution is -1.90. The smallest absolute Gasteiger partial charge is 0.119 e. The van der Waals surface area contributed by atoms with E-state index in [0.717, 1.165) is 15.6 Å². The van der Waals surface area contributed by atoms with E-state index >= 15 is 0 Å². The molecule has 0 aliphatic rings. The summed E-state index contributed by atoms with van der Waals surface area (Å²) in [6, 6.07) is 12.0. The van der Waals surface area contributed by atoms with Crippen LogP contribution in [-0.2, 0) is 0 Å². The van der Waals surface area contributed by atoms with Gasteiger partial charge in [-0.05, 0) is 29.8 Å². The number of hydrogen-bond acceptors (Lipinski definition) is 2. The second-order valence-corrected chi connectivity index (χ2v) is 5.94. The number of benzene rings is 1. The van der Waals surface area contributed by atoms with Gasteiger partial charge in [-0.2, -0.15) is 0 Å². The molecule has 0 aliphatic carbocycles. The highest BCUT2D eigenvalue weighted by Crippen LogP contribution is 2.37. The summed E-state index contributed by atoms with van der Waals surface area (Å²) in [5, 5.41) is 0. The molecule has 1 heterocycles. The number of halogens is 2. The second kappa shape index (κ2) is 5.21. The average molecular weight is 318 g/mol. The minimum atomic E-state index is 0.167. The third-order valence-electron chi connectivity index (χ3n) is 2.23. The molecule has 84 valence electrons. The lowest BCUT2D eigenvalue weighted by atomic mass is 10.1. The van der Waals surface area contributed by atoms with Gasteiger partial charge in [0.15, 0.2) is 0 Å². The van der Waals surface area contributed by atoms with Crippen LogP contribution in [0.5, 0.6) is 5.75 Å². The molecule has 0 spiro atoms. The summed E-state index contributed by atoms with van der Waals surface area (Å²) in [6.45, 7) is 0. The van der Waals surface area contributed by atoms with E-state index in [1.54, 1.807) is 18.4 Å². The van der Waals surface area contributed by atoms with E-state index < -0.39 is 0 Å².